The van der Waals surface area contributed by atoms with Crippen LogP contribution in [0.4, 0.5) is 0 Å². The maximum absolute atomic E-state index is 12.4. The maximum atomic E-state index is 12.4. The van der Waals surface area contributed by atoms with Crippen molar-refractivity contribution in [3.63, 3.8) is 0 Å². The molecule has 0 radical (unpaired) electrons. The van der Waals surface area contributed by atoms with Crippen molar-refractivity contribution < 1.29 is 18.7 Å². The molecule has 7 heteroatoms. The summed E-state index contributed by atoms with van der Waals surface area (Å²) in [6.07, 6.45) is 2.27. The average Bonchev–Trinajstić information content (AvgIpc) is 3.18. The summed E-state index contributed by atoms with van der Waals surface area (Å²) in [4.78, 5) is 26.5. The Morgan fingerprint density at radius 2 is 2.04 bits per heavy atom. The molecule has 0 aliphatic carbocycles. The highest BCUT2D eigenvalue weighted by Crippen LogP contribution is 2.23. The predicted octanol–water partition coefficient (Wildman–Crippen LogP) is 3.43. The van der Waals surface area contributed by atoms with Gasteiger partial charge in [-0.05, 0) is 62.6 Å². The molecule has 1 aromatic carbocycles. The van der Waals surface area contributed by atoms with E-state index in [0.717, 1.165) is 5.56 Å². The molecule has 1 unspecified atom stereocenters. The Labute approximate surface area is 163 Å². The Balaban J connectivity index is 1.48. The van der Waals surface area contributed by atoms with Gasteiger partial charge in [-0.2, -0.15) is 0 Å². The van der Waals surface area contributed by atoms with Crippen molar-refractivity contribution in [1.82, 2.24) is 10.2 Å². The third-order valence-corrected chi connectivity index (χ3v) is 4.91. The first-order valence-corrected chi connectivity index (χ1v) is 9.38. The lowest BCUT2D eigenvalue weighted by Crippen LogP contribution is -2.49. The van der Waals surface area contributed by atoms with Crippen LogP contribution in [-0.4, -0.2) is 41.9 Å². The number of ether oxygens (including phenoxy) is 1. The topological polar surface area (TPSA) is 71.8 Å². The Morgan fingerprint density at radius 3 is 2.67 bits per heavy atom. The number of furan rings is 1. The molecule has 1 aromatic heterocycles. The molecular formula is C20H23ClN2O4. The van der Waals surface area contributed by atoms with Crippen LogP contribution in [0.1, 0.15) is 35.9 Å². The summed E-state index contributed by atoms with van der Waals surface area (Å²) in [5.41, 5.74) is 0.881. The normalized spacial score (nSPS) is 16.0. The van der Waals surface area contributed by atoms with Crippen LogP contribution in [0.15, 0.2) is 41.0 Å². The molecule has 0 saturated carbocycles. The number of hydrogen-bond donors (Lipinski definition) is 1. The van der Waals surface area contributed by atoms with E-state index in [1.807, 2.05) is 6.92 Å². The van der Waals surface area contributed by atoms with E-state index < -0.39 is 6.10 Å². The van der Waals surface area contributed by atoms with E-state index in [4.69, 9.17) is 20.8 Å². The van der Waals surface area contributed by atoms with Crippen molar-refractivity contribution >= 4 is 23.4 Å². The molecule has 1 aliphatic heterocycles. The summed E-state index contributed by atoms with van der Waals surface area (Å²) < 4.78 is 10.9. The fourth-order valence-electron chi connectivity index (χ4n) is 3.09. The van der Waals surface area contributed by atoms with Gasteiger partial charge in [0, 0.05) is 24.2 Å². The van der Waals surface area contributed by atoms with E-state index in [1.165, 1.54) is 6.26 Å². The predicted molar refractivity (Wildman–Crippen MR) is 102 cm³/mol. The molecule has 1 saturated heterocycles. The van der Waals surface area contributed by atoms with E-state index in [0.29, 0.717) is 42.5 Å². The number of carbonyl (C=O) groups excluding carboxylic acids is 2. The maximum Gasteiger partial charge on any atom is 0.289 e. The molecule has 1 aliphatic rings. The smallest absolute Gasteiger partial charge is 0.289 e. The molecule has 6 nitrogen and oxygen atoms in total. The summed E-state index contributed by atoms with van der Waals surface area (Å²) in [5.74, 6) is 0.707. The summed E-state index contributed by atoms with van der Waals surface area (Å²) in [6.45, 7) is 4.77. The van der Waals surface area contributed by atoms with Gasteiger partial charge in [0.1, 0.15) is 5.75 Å². The van der Waals surface area contributed by atoms with E-state index >= 15 is 0 Å². The van der Waals surface area contributed by atoms with Crippen molar-refractivity contribution in [1.29, 1.82) is 0 Å². The second kappa shape index (κ2) is 8.48. The first-order valence-electron chi connectivity index (χ1n) is 9.00. The number of nitrogens with one attached hydrogen (secondary N) is 1. The molecule has 2 amide bonds. The van der Waals surface area contributed by atoms with Crippen molar-refractivity contribution in [2.45, 2.75) is 38.8 Å². The average molecular weight is 391 g/mol. The highest BCUT2D eigenvalue weighted by Gasteiger charge is 2.27. The quantitative estimate of drug-likeness (QED) is 0.848. The molecule has 2 heterocycles. The number of benzene rings is 1. The summed E-state index contributed by atoms with van der Waals surface area (Å²) in [6, 6.07) is 8.68. The zero-order valence-electron chi connectivity index (χ0n) is 15.4. The van der Waals surface area contributed by atoms with Gasteiger partial charge in [0.25, 0.3) is 11.8 Å². The van der Waals surface area contributed by atoms with Crippen molar-refractivity contribution in [3.05, 3.63) is 52.9 Å². The Hall–Kier alpha value is -2.47. The number of likely N-dealkylation sites (tertiary alicyclic amines) is 1. The minimum absolute atomic E-state index is 0.0236. The van der Waals surface area contributed by atoms with Crippen LogP contribution < -0.4 is 10.1 Å². The van der Waals surface area contributed by atoms with Gasteiger partial charge in [0.2, 0.25) is 0 Å². The Kier molecular flexibility index (Phi) is 6.06. The SMILES string of the molecule is Cc1cc(Cl)ccc1OC(C)C(=O)NC1CCN(C(=O)c2ccco2)CC1. The van der Waals surface area contributed by atoms with Gasteiger partial charge in [0.05, 0.1) is 6.26 Å². The molecule has 1 atom stereocenters. The molecule has 3 rings (SSSR count). The van der Waals surface area contributed by atoms with E-state index in [1.54, 1.807) is 42.2 Å². The van der Waals surface area contributed by atoms with Crippen LogP contribution in [0, 0.1) is 6.92 Å². The minimum atomic E-state index is -0.618. The van der Waals surface area contributed by atoms with Gasteiger partial charge < -0.3 is 19.4 Å². The number of aryl methyl sites for hydroxylation is 1. The highest BCUT2D eigenvalue weighted by atomic mass is 35.5. The third kappa shape index (κ3) is 4.83. The number of piperidine rings is 1. The lowest BCUT2D eigenvalue weighted by molar-refractivity contribution is -0.128. The number of hydrogen-bond acceptors (Lipinski definition) is 4. The van der Waals surface area contributed by atoms with Crippen LogP contribution in [0.25, 0.3) is 0 Å². The monoisotopic (exact) mass is 390 g/mol. The first kappa shape index (κ1) is 19.3. The van der Waals surface area contributed by atoms with Gasteiger partial charge in [-0.1, -0.05) is 11.6 Å². The van der Waals surface area contributed by atoms with Crippen molar-refractivity contribution in [2.75, 3.05) is 13.1 Å². The molecule has 1 N–H and O–H groups in total. The largest absolute Gasteiger partial charge is 0.481 e. The third-order valence-electron chi connectivity index (χ3n) is 4.67. The molecule has 27 heavy (non-hydrogen) atoms. The van der Waals surface area contributed by atoms with Crippen LogP contribution in [0.5, 0.6) is 5.75 Å². The van der Waals surface area contributed by atoms with Crippen molar-refractivity contribution in [2.24, 2.45) is 0 Å². The van der Waals surface area contributed by atoms with Crippen LogP contribution >= 0.6 is 11.6 Å². The summed E-state index contributed by atoms with van der Waals surface area (Å²) in [7, 11) is 0. The fraction of sp³-hybridized carbons (Fsp3) is 0.400. The second-order valence-corrected chi connectivity index (χ2v) is 7.16. The molecular weight excluding hydrogens is 368 g/mol. The van der Waals surface area contributed by atoms with Crippen molar-refractivity contribution in [3.8, 4) is 5.75 Å². The number of nitrogens with zero attached hydrogens (tertiary/aromatic N) is 1. The lowest BCUT2D eigenvalue weighted by atomic mass is 10.0. The number of amides is 2. The molecule has 144 valence electrons. The van der Waals surface area contributed by atoms with Crippen LogP contribution in [0.3, 0.4) is 0 Å². The second-order valence-electron chi connectivity index (χ2n) is 6.72. The number of halogens is 1. The Bertz CT molecular complexity index is 798. The van der Waals surface area contributed by atoms with Crippen LogP contribution in [-0.2, 0) is 4.79 Å². The number of carbonyl (C=O) groups is 2. The van der Waals surface area contributed by atoms with E-state index in [9.17, 15) is 9.59 Å². The minimum Gasteiger partial charge on any atom is -0.481 e. The van der Waals surface area contributed by atoms with Gasteiger partial charge in [-0.3, -0.25) is 9.59 Å². The fourth-order valence-corrected chi connectivity index (χ4v) is 3.32. The van der Waals surface area contributed by atoms with E-state index in [2.05, 4.69) is 5.32 Å². The van der Waals surface area contributed by atoms with Gasteiger partial charge >= 0.3 is 0 Å². The van der Waals surface area contributed by atoms with Gasteiger partial charge in [0.15, 0.2) is 11.9 Å². The van der Waals surface area contributed by atoms with Gasteiger partial charge in [-0.25, -0.2) is 0 Å². The molecule has 1 fully saturated rings. The highest BCUT2D eigenvalue weighted by molar-refractivity contribution is 6.30. The van der Waals surface area contributed by atoms with E-state index in [-0.39, 0.29) is 17.9 Å². The molecule has 2 aromatic rings. The Morgan fingerprint density at radius 1 is 1.30 bits per heavy atom. The van der Waals surface area contributed by atoms with Gasteiger partial charge in [-0.15, -0.1) is 0 Å². The molecule has 0 spiro atoms. The zero-order chi connectivity index (χ0) is 19.4. The standard InChI is InChI=1S/C20H23ClN2O4/c1-13-12-15(21)5-6-17(13)27-14(2)19(24)22-16-7-9-23(10-8-16)20(25)18-4-3-11-26-18/h3-6,11-12,14,16H,7-10H2,1-2H3,(H,22,24). The summed E-state index contributed by atoms with van der Waals surface area (Å²) >= 11 is 5.94. The zero-order valence-corrected chi connectivity index (χ0v) is 16.2. The first-order chi connectivity index (χ1) is 12.9. The number of rotatable bonds is 5. The lowest BCUT2D eigenvalue weighted by Gasteiger charge is -2.32. The summed E-state index contributed by atoms with van der Waals surface area (Å²) in [5, 5.41) is 3.64. The van der Waals surface area contributed by atoms with Crippen LogP contribution in [0.2, 0.25) is 5.02 Å². The molecule has 0 bridgehead atoms.